The minimum Gasteiger partial charge on any atom is -0.462 e. The van der Waals surface area contributed by atoms with Crippen LogP contribution >= 0.6 is 0 Å². The number of anilines is 2. The van der Waals surface area contributed by atoms with Crippen LogP contribution in [0.2, 0.25) is 0 Å². The Morgan fingerprint density at radius 2 is 1.59 bits per heavy atom. The minimum atomic E-state index is -4.67. The Morgan fingerprint density at radius 1 is 0.971 bits per heavy atom. The fraction of sp³-hybridized carbons (Fsp3) is 0.304. The predicted molar refractivity (Wildman–Crippen MR) is 120 cm³/mol. The first-order valence-corrected chi connectivity index (χ1v) is 10.7. The number of hydrogen-bond acceptors (Lipinski definition) is 6. The van der Waals surface area contributed by atoms with Gasteiger partial charge in [0.05, 0.1) is 28.9 Å². The van der Waals surface area contributed by atoms with Crippen molar-refractivity contribution in [1.82, 2.24) is 14.9 Å². The van der Waals surface area contributed by atoms with E-state index in [4.69, 9.17) is 4.74 Å². The van der Waals surface area contributed by atoms with Crippen LogP contribution in [0.15, 0.2) is 48.5 Å². The van der Waals surface area contributed by atoms with Crippen molar-refractivity contribution >= 4 is 34.5 Å². The number of ether oxygens (including phenoxy) is 1. The van der Waals surface area contributed by atoms with Gasteiger partial charge in [-0.1, -0.05) is 24.3 Å². The molecule has 1 aliphatic heterocycles. The maximum absolute atomic E-state index is 13.7. The summed E-state index contributed by atoms with van der Waals surface area (Å²) in [5.41, 5.74) is -0.00343. The van der Waals surface area contributed by atoms with Gasteiger partial charge in [-0.05, 0) is 31.2 Å². The number of esters is 1. The highest BCUT2D eigenvalue weighted by molar-refractivity contribution is 6.00. The van der Waals surface area contributed by atoms with E-state index in [2.05, 4.69) is 15.3 Å². The fourth-order valence-corrected chi connectivity index (χ4v) is 3.70. The third-order valence-corrected chi connectivity index (χ3v) is 5.35. The van der Waals surface area contributed by atoms with Crippen LogP contribution in [0.5, 0.6) is 0 Å². The largest absolute Gasteiger partial charge is 0.462 e. The van der Waals surface area contributed by atoms with Gasteiger partial charge in [0.25, 0.3) is 0 Å². The number of hydrogen-bond donors (Lipinski definition) is 1. The summed E-state index contributed by atoms with van der Waals surface area (Å²) in [7, 11) is 0. The summed E-state index contributed by atoms with van der Waals surface area (Å²) in [6.07, 6.45) is -4.67. The van der Waals surface area contributed by atoms with Crippen LogP contribution in [-0.4, -0.2) is 59.7 Å². The Hall–Kier alpha value is -3.89. The number of urea groups is 1. The average Bonchev–Trinajstić information content (AvgIpc) is 2.83. The summed E-state index contributed by atoms with van der Waals surface area (Å²) < 4.78 is 46.1. The Balaban J connectivity index is 1.49. The van der Waals surface area contributed by atoms with Crippen molar-refractivity contribution in [2.24, 2.45) is 0 Å². The van der Waals surface area contributed by atoms with Gasteiger partial charge in [0.1, 0.15) is 0 Å². The lowest BCUT2D eigenvalue weighted by Gasteiger charge is -2.36. The highest BCUT2D eigenvalue weighted by Gasteiger charge is 2.39. The normalized spacial score (nSPS) is 14.2. The maximum Gasteiger partial charge on any atom is 0.437 e. The molecule has 2 amide bonds. The van der Waals surface area contributed by atoms with Crippen LogP contribution in [0.4, 0.5) is 29.5 Å². The second kappa shape index (κ2) is 9.54. The molecular weight excluding hydrogens is 451 g/mol. The summed E-state index contributed by atoms with van der Waals surface area (Å²) in [6, 6.07) is 12.4. The van der Waals surface area contributed by atoms with Gasteiger partial charge in [-0.15, -0.1) is 0 Å². The average molecular weight is 473 g/mol. The molecule has 2 aromatic carbocycles. The number of halogens is 3. The van der Waals surface area contributed by atoms with Gasteiger partial charge in [-0.2, -0.15) is 13.2 Å². The van der Waals surface area contributed by atoms with E-state index in [-0.39, 0.29) is 49.7 Å². The number of carbonyl (C=O) groups excluding carboxylic acids is 2. The number of aromatic nitrogens is 2. The van der Waals surface area contributed by atoms with Crippen LogP contribution in [-0.2, 0) is 10.9 Å². The van der Waals surface area contributed by atoms with Crippen LogP contribution < -0.4 is 10.2 Å². The lowest BCUT2D eigenvalue weighted by Crippen LogP contribution is -2.50. The third kappa shape index (κ3) is 4.87. The van der Waals surface area contributed by atoms with Gasteiger partial charge >= 0.3 is 18.2 Å². The van der Waals surface area contributed by atoms with Gasteiger partial charge in [0, 0.05) is 26.2 Å². The monoisotopic (exact) mass is 473 g/mol. The molecule has 1 saturated heterocycles. The number of alkyl halides is 3. The topological polar surface area (TPSA) is 87.7 Å². The van der Waals surface area contributed by atoms with E-state index in [9.17, 15) is 22.8 Å². The van der Waals surface area contributed by atoms with Crippen molar-refractivity contribution in [1.29, 1.82) is 0 Å². The smallest absolute Gasteiger partial charge is 0.437 e. The van der Waals surface area contributed by atoms with Crippen molar-refractivity contribution in [3.05, 3.63) is 59.8 Å². The molecule has 1 N–H and O–H groups in total. The van der Waals surface area contributed by atoms with E-state index >= 15 is 0 Å². The van der Waals surface area contributed by atoms with Gasteiger partial charge in [0.15, 0.2) is 11.5 Å². The number of benzene rings is 2. The second-order valence-corrected chi connectivity index (χ2v) is 7.55. The lowest BCUT2D eigenvalue weighted by atomic mass is 10.2. The van der Waals surface area contributed by atoms with Crippen LogP contribution in [0, 0.1) is 0 Å². The van der Waals surface area contributed by atoms with E-state index in [0.717, 1.165) is 0 Å². The van der Waals surface area contributed by atoms with Crippen molar-refractivity contribution < 1.29 is 27.5 Å². The van der Waals surface area contributed by atoms with Crippen LogP contribution in [0.3, 0.4) is 0 Å². The number of carbonyl (C=O) groups is 2. The molecule has 34 heavy (non-hydrogen) atoms. The number of para-hydroxylation sites is 3. The summed E-state index contributed by atoms with van der Waals surface area (Å²) in [5, 5.41) is 2.69. The number of fused-ring (bicyclic) bond motifs is 1. The third-order valence-electron chi connectivity index (χ3n) is 5.35. The first-order valence-electron chi connectivity index (χ1n) is 10.7. The zero-order chi connectivity index (χ0) is 24.3. The highest BCUT2D eigenvalue weighted by Crippen LogP contribution is 2.35. The molecule has 0 unspecified atom stereocenters. The molecule has 1 aliphatic rings. The summed E-state index contributed by atoms with van der Waals surface area (Å²) in [5.74, 6) is -0.809. The molecule has 178 valence electrons. The molecule has 0 bridgehead atoms. The number of piperazine rings is 1. The number of nitrogens with one attached hydrogen (secondary N) is 1. The number of nitrogens with zero attached hydrogens (tertiary/aromatic N) is 4. The van der Waals surface area contributed by atoms with Gasteiger partial charge in [0.2, 0.25) is 0 Å². The molecule has 2 heterocycles. The SMILES string of the molecule is CCOC(=O)c1ccccc1NC(=O)N1CCN(c2nc3ccccc3nc2C(F)(F)F)CC1. The van der Waals surface area contributed by atoms with E-state index < -0.39 is 23.9 Å². The molecule has 3 aromatic rings. The van der Waals surface area contributed by atoms with Crippen molar-refractivity contribution in [3.63, 3.8) is 0 Å². The zero-order valence-electron chi connectivity index (χ0n) is 18.3. The van der Waals surface area contributed by atoms with Crippen LogP contribution in [0.25, 0.3) is 11.0 Å². The second-order valence-electron chi connectivity index (χ2n) is 7.55. The number of amides is 2. The molecule has 0 aliphatic carbocycles. The van der Waals surface area contributed by atoms with Gasteiger partial charge < -0.3 is 19.9 Å². The molecule has 0 radical (unpaired) electrons. The van der Waals surface area contributed by atoms with Crippen molar-refractivity contribution in [3.8, 4) is 0 Å². The summed E-state index contributed by atoms with van der Waals surface area (Å²) >= 11 is 0. The molecule has 11 heteroatoms. The molecule has 0 saturated carbocycles. The Kier molecular flexibility index (Phi) is 6.53. The zero-order valence-corrected chi connectivity index (χ0v) is 18.3. The molecule has 8 nitrogen and oxygen atoms in total. The standard InChI is InChI=1S/C23H22F3N5O3/c1-2-34-21(32)15-7-3-4-8-16(15)29-22(33)31-13-11-30(12-14-31)20-19(23(24,25)26)27-17-9-5-6-10-18(17)28-20/h3-10H,2,11-14H2,1H3,(H,29,33). The van der Waals surface area contributed by atoms with Gasteiger partial charge in [-0.25, -0.2) is 19.6 Å². The quantitative estimate of drug-likeness (QED) is 0.572. The summed E-state index contributed by atoms with van der Waals surface area (Å²) in [4.78, 5) is 35.9. The molecule has 0 spiro atoms. The van der Waals surface area contributed by atoms with Crippen molar-refractivity contribution in [2.45, 2.75) is 13.1 Å². The van der Waals surface area contributed by atoms with Crippen molar-refractivity contribution in [2.75, 3.05) is 43.0 Å². The Bertz CT molecular complexity index is 1210. The lowest BCUT2D eigenvalue weighted by molar-refractivity contribution is -0.140. The maximum atomic E-state index is 13.7. The van der Waals surface area contributed by atoms with E-state index in [1.165, 1.54) is 15.9 Å². The van der Waals surface area contributed by atoms with E-state index in [1.807, 2.05) is 0 Å². The van der Waals surface area contributed by atoms with Gasteiger partial charge in [-0.3, -0.25) is 0 Å². The highest BCUT2D eigenvalue weighted by atomic mass is 19.4. The minimum absolute atomic E-state index is 0.142. The Morgan fingerprint density at radius 3 is 2.24 bits per heavy atom. The molecule has 1 aromatic heterocycles. The fourth-order valence-electron chi connectivity index (χ4n) is 3.70. The van der Waals surface area contributed by atoms with E-state index in [1.54, 1.807) is 49.4 Å². The molecule has 1 fully saturated rings. The first-order chi connectivity index (χ1) is 16.3. The predicted octanol–water partition coefficient (Wildman–Crippen LogP) is 4.18. The Labute approximate surface area is 193 Å². The molecule has 0 atom stereocenters. The summed E-state index contributed by atoms with van der Waals surface area (Å²) in [6.45, 7) is 2.49. The van der Waals surface area contributed by atoms with Crippen LogP contribution in [0.1, 0.15) is 23.0 Å². The van der Waals surface area contributed by atoms with E-state index in [0.29, 0.717) is 11.2 Å². The first kappa shape index (κ1) is 23.3. The molecular formula is C23H22F3N5O3. The molecule has 4 rings (SSSR count). The number of rotatable bonds is 4.